The Bertz CT molecular complexity index is 818. The molecule has 0 amide bonds. The van der Waals surface area contributed by atoms with Crippen LogP contribution in [0.2, 0.25) is 5.02 Å². The zero-order valence-corrected chi connectivity index (χ0v) is 11.2. The molecule has 0 saturated heterocycles. The number of benzene rings is 2. The molecule has 0 bridgehead atoms. The highest BCUT2D eigenvalue weighted by molar-refractivity contribution is 6.30. The van der Waals surface area contributed by atoms with Gasteiger partial charge in [0.15, 0.2) is 17.5 Å². The Hall–Kier alpha value is -2.54. The molecular formula is C13H8ClF2N5. The monoisotopic (exact) mass is 307 g/mol. The number of hydrogen-bond donors (Lipinski definition) is 1. The van der Waals surface area contributed by atoms with Crippen LogP contribution in [0.25, 0.3) is 17.1 Å². The lowest BCUT2D eigenvalue weighted by Crippen LogP contribution is -2.03. The maximum absolute atomic E-state index is 13.4. The number of nitrogens with zero attached hydrogens (tertiary/aromatic N) is 4. The molecule has 21 heavy (non-hydrogen) atoms. The van der Waals surface area contributed by atoms with Crippen LogP contribution in [-0.2, 0) is 0 Å². The zero-order valence-electron chi connectivity index (χ0n) is 10.5. The van der Waals surface area contributed by atoms with E-state index in [0.717, 1.165) is 12.1 Å². The van der Waals surface area contributed by atoms with E-state index in [1.54, 1.807) is 24.3 Å². The predicted molar refractivity (Wildman–Crippen MR) is 73.9 cm³/mol. The molecular weight excluding hydrogens is 300 g/mol. The molecule has 0 aliphatic heterocycles. The van der Waals surface area contributed by atoms with Crippen LogP contribution in [0.15, 0.2) is 36.4 Å². The Morgan fingerprint density at radius 2 is 1.86 bits per heavy atom. The molecule has 3 rings (SSSR count). The summed E-state index contributed by atoms with van der Waals surface area (Å²) in [5.41, 5.74) is 6.52. The van der Waals surface area contributed by atoms with Crippen molar-refractivity contribution in [2.24, 2.45) is 0 Å². The van der Waals surface area contributed by atoms with Gasteiger partial charge in [0.2, 0.25) is 0 Å². The molecule has 0 unspecified atom stereocenters. The number of hydrogen-bond acceptors (Lipinski definition) is 4. The van der Waals surface area contributed by atoms with Gasteiger partial charge in [-0.15, -0.1) is 5.10 Å². The molecule has 8 heteroatoms. The zero-order chi connectivity index (χ0) is 15.0. The Morgan fingerprint density at radius 3 is 2.62 bits per heavy atom. The van der Waals surface area contributed by atoms with Gasteiger partial charge in [0.25, 0.3) is 0 Å². The SMILES string of the molecule is Nc1cc(F)c(F)cc1-c1nnnn1-c1cccc(Cl)c1. The molecule has 0 radical (unpaired) electrons. The summed E-state index contributed by atoms with van der Waals surface area (Å²) in [6.07, 6.45) is 0. The first-order valence-electron chi connectivity index (χ1n) is 5.85. The number of anilines is 1. The smallest absolute Gasteiger partial charge is 0.189 e. The summed E-state index contributed by atoms with van der Waals surface area (Å²) in [4.78, 5) is 0. The van der Waals surface area contributed by atoms with E-state index in [1.807, 2.05) is 0 Å². The van der Waals surface area contributed by atoms with Crippen LogP contribution in [0.3, 0.4) is 0 Å². The maximum Gasteiger partial charge on any atom is 0.189 e. The molecule has 5 nitrogen and oxygen atoms in total. The fraction of sp³-hybridized carbons (Fsp3) is 0. The molecule has 2 aromatic carbocycles. The summed E-state index contributed by atoms with van der Waals surface area (Å²) in [6, 6.07) is 8.62. The number of aromatic nitrogens is 4. The van der Waals surface area contributed by atoms with Crippen molar-refractivity contribution in [3.05, 3.63) is 53.1 Å². The third-order valence-electron chi connectivity index (χ3n) is 2.86. The fourth-order valence-electron chi connectivity index (χ4n) is 1.89. The third-order valence-corrected chi connectivity index (χ3v) is 3.09. The molecule has 0 spiro atoms. The Labute approximate surface area is 123 Å². The molecule has 2 N–H and O–H groups in total. The second kappa shape index (κ2) is 5.10. The summed E-state index contributed by atoms with van der Waals surface area (Å²) in [5.74, 6) is -1.87. The van der Waals surface area contributed by atoms with E-state index >= 15 is 0 Å². The standard InChI is InChI=1S/C13H8ClF2N5/c14-7-2-1-3-8(4-7)21-13(18-19-20-21)9-5-10(15)11(16)6-12(9)17/h1-6H,17H2. The van der Waals surface area contributed by atoms with Gasteiger partial charge >= 0.3 is 0 Å². The number of nitrogens with two attached hydrogens (primary N) is 1. The molecule has 0 aliphatic carbocycles. The summed E-state index contributed by atoms with van der Waals surface area (Å²) in [7, 11) is 0. The van der Waals surface area contributed by atoms with Crippen molar-refractivity contribution >= 4 is 17.3 Å². The number of halogens is 3. The van der Waals surface area contributed by atoms with Crippen LogP contribution in [-0.4, -0.2) is 20.2 Å². The van der Waals surface area contributed by atoms with Crippen LogP contribution in [0.5, 0.6) is 0 Å². The summed E-state index contributed by atoms with van der Waals surface area (Å²) >= 11 is 5.92. The van der Waals surface area contributed by atoms with E-state index in [2.05, 4.69) is 15.5 Å². The highest BCUT2D eigenvalue weighted by Gasteiger charge is 2.16. The van der Waals surface area contributed by atoms with Crippen molar-refractivity contribution in [1.29, 1.82) is 0 Å². The Balaban J connectivity index is 2.18. The topological polar surface area (TPSA) is 69.6 Å². The Morgan fingerprint density at radius 1 is 1.10 bits per heavy atom. The van der Waals surface area contributed by atoms with Crippen molar-refractivity contribution in [2.45, 2.75) is 0 Å². The van der Waals surface area contributed by atoms with Gasteiger partial charge in [0.1, 0.15) is 0 Å². The van der Waals surface area contributed by atoms with Crippen molar-refractivity contribution in [1.82, 2.24) is 20.2 Å². The Kier molecular flexibility index (Phi) is 3.26. The van der Waals surface area contributed by atoms with Crippen LogP contribution < -0.4 is 5.73 Å². The fourth-order valence-corrected chi connectivity index (χ4v) is 2.08. The van der Waals surface area contributed by atoms with E-state index in [1.165, 1.54) is 4.68 Å². The summed E-state index contributed by atoms with van der Waals surface area (Å²) < 4.78 is 27.9. The van der Waals surface area contributed by atoms with E-state index in [-0.39, 0.29) is 17.1 Å². The van der Waals surface area contributed by atoms with Crippen molar-refractivity contribution in [3.63, 3.8) is 0 Å². The molecule has 0 atom stereocenters. The highest BCUT2D eigenvalue weighted by Crippen LogP contribution is 2.28. The second-order valence-corrected chi connectivity index (χ2v) is 4.68. The van der Waals surface area contributed by atoms with E-state index in [4.69, 9.17) is 17.3 Å². The van der Waals surface area contributed by atoms with Gasteiger partial charge in [-0.25, -0.2) is 8.78 Å². The molecule has 1 heterocycles. The van der Waals surface area contributed by atoms with Crippen molar-refractivity contribution in [3.8, 4) is 17.1 Å². The lowest BCUT2D eigenvalue weighted by atomic mass is 10.1. The van der Waals surface area contributed by atoms with Crippen molar-refractivity contribution in [2.75, 3.05) is 5.73 Å². The van der Waals surface area contributed by atoms with Gasteiger partial charge in [-0.2, -0.15) is 4.68 Å². The van der Waals surface area contributed by atoms with Crippen LogP contribution in [0.4, 0.5) is 14.5 Å². The van der Waals surface area contributed by atoms with Crippen LogP contribution in [0, 0.1) is 11.6 Å². The summed E-state index contributed by atoms with van der Waals surface area (Å²) in [6.45, 7) is 0. The predicted octanol–water partition coefficient (Wildman–Crippen LogP) is 2.84. The van der Waals surface area contributed by atoms with Crippen LogP contribution >= 0.6 is 11.6 Å². The third kappa shape index (κ3) is 2.43. The van der Waals surface area contributed by atoms with Gasteiger partial charge in [-0.3, -0.25) is 0 Å². The maximum atomic E-state index is 13.4. The minimum Gasteiger partial charge on any atom is -0.398 e. The van der Waals surface area contributed by atoms with Gasteiger partial charge in [-0.1, -0.05) is 17.7 Å². The highest BCUT2D eigenvalue weighted by atomic mass is 35.5. The van der Waals surface area contributed by atoms with Gasteiger partial charge in [-0.05, 0) is 34.7 Å². The molecule has 1 aromatic heterocycles. The minimum absolute atomic E-state index is 0.0342. The van der Waals surface area contributed by atoms with Gasteiger partial charge in [0, 0.05) is 22.3 Å². The molecule has 106 valence electrons. The van der Waals surface area contributed by atoms with Crippen LogP contribution in [0.1, 0.15) is 0 Å². The average Bonchev–Trinajstić information content (AvgIpc) is 2.92. The lowest BCUT2D eigenvalue weighted by Gasteiger charge is -2.08. The number of tetrazole rings is 1. The van der Waals surface area contributed by atoms with E-state index in [9.17, 15) is 8.78 Å². The van der Waals surface area contributed by atoms with Gasteiger partial charge < -0.3 is 5.73 Å². The first-order chi connectivity index (χ1) is 10.1. The van der Waals surface area contributed by atoms with Crippen molar-refractivity contribution < 1.29 is 8.78 Å². The number of nitrogen functional groups attached to an aromatic ring is 1. The number of rotatable bonds is 2. The minimum atomic E-state index is -1.03. The quantitative estimate of drug-likeness (QED) is 0.739. The lowest BCUT2D eigenvalue weighted by molar-refractivity contribution is 0.509. The molecule has 0 fully saturated rings. The van der Waals surface area contributed by atoms with E-state index < -0.39 is 11.6 Å². The first kappa shape index (κ1) is 13.4. The summed E-state index contributed by atoms with van der Waals surface area (Å²) in [5, 5.41) is 11.7. The molecule has 3 aromatic rings. The normalized spacial score (nSPS) is 10.8. The first-order valence-corrected chi connectivity index (χ1v) is 6.23. The van der Waals surface area contributed by atoms with E-state index in [0.29, 0.717) is 10.7 Å². The van der Waals surface area contributed by atoms with Gasteiger partial charge in [0.05, 0.1) is 5.69 Å². The largest absolute Gasteiger partial charge is 0.398 e. The average molecular weight is 308 g/mol. The second-order valence-electron chi connectivity index (χ2n) is 4.25. The molecule has 0 aliphatic rings. The molecule has 0 saturated carbocycles.